The monoisotopic (exact) mass is 289 g/mol. The second-order valence-electron chi connectivity index (χ2n) is 4.52. The molecule has 2 rings (SSSR count). The summed E-state index contributed by atoms with van der Waals surface area (Å²) in [5.41, 5.74) is 3.62. The molecule has 1 aromatic heterocycles. The van der Waals surface area contributed by atoms with Crippen LogP contribution in [0.4, 0.5) is 5.82 Å². The van der Waals surface area contributed by atoms with Gasteiger partial charge in [0.25, 0.3) is 0 Å². The zero-order chi connectivity index (χ0) is 14.2. The molecule has 7 nitrogen and oxygen atoms in total. The molecular formula is C11H16ClN3O4. The lowest BCUT2D eigenvalue weighted by molar-refractivity contribution is -0.130. The molecule has 1 aromatic rings. The van der Waals surface area contributed by atoms with E-state index in [2.05, 4.69) is 4.98 Å². The molecule has 2 heterocycles. The van der Waals surface area contributed by atoms with Crippen molar-refractivity contribution in [2.75, 3.05) is 12.3 Å². The Morgan fingerprint density at radius 1 is 1.68 bits per heavy atom. The van der Waals surface area contributed by atoms with Crippen LogP contribution < -0.4 is 11.4 Å². The fourth-order valence-corrected chi connectivity index (χ4v) is 2.59. The fourth-order valence-electron chi connectivity index (χ4n) is 2.19. The van der Waals surface area contributed by atoms with Crippen LogP contribution in [0.5, 0.6) is 0 Å². The minimum Gasteiger partial charge on any atom is -0.393 e. The molecule has 19 heavy (non-hydrogen) atoms. The smallest absolute Gasteiger partial charge is 0.351 e. The van der Waals surface area contributed by atoms with Crippen molar-refractivity contribution in [3.8, 4) is 0 Å². The van der Waals surface area contributed by atoms with Crippen LogP contribution >= 0.6 is 11.6 Å². The largest absolute Gasteiger partial charge is 0.393 e. The summed E-state index contributed by atoms with van der Waals surface area (Å²) in [6.45, 7) is 1.37. The van der Waals surface area contributed by atoms with Crippen LogP contribution in [0.1, 0.15) is 19.6 Å². The summed E-state index contributed by atoms with van der Waals surface area (Å²) in [5, 5.41) is 18.7. The van der Waals surface area contributed by atoms with Gasteiger partial charge in [0.15, 0.2) is 6.23 Å². The van der Waals surface area contributed by atoms with E-state index < -0.39 is 29.0 Å². The molecule has 1 saturated heterocycles. The molecule has 0 radical (unpaired) electrons. The number of anilines is 1. The van der Waals surface area contributed by atoms with E-state index in [-0.39, 0.29) is 12.4 Å². The number of rotatable bonds is 3. The number of nitrogen functional groups attached to an aromatic ring is 1. The number of ether oxygens (including phenoxy) is 1. The first-order valence-electron chi connectivity index (χ1n) is 5.90. The summed E-state index contributed by atoms with van der Waals surface area (Å²) in [4.78, 5) is 15.3. The Morgan fingerprint density at radius 3 is 2.84 bits per heavy atom. The molecule has 4 N–H and O–H groups in total. The number of alkyl halides is 1. The van der Waals surface area contributed by atoms with Crippen molar-refractivity contribution < 1.29 is 14.9 Å². The van der Waals surface area contributed by atoms with Gasteiger partial charge in [0, 0.05) is 6.20 Å². The van der Waals surface area contributed by atoms with Crippen molar-refractivity contribution in [1.82, 2.24) is 9.55 Å². The van der Waals surface area contributed by atoms with E-state index in [1.807, 2.05) is 0 Å². The molecule has 0 aromatic carbocycles. The lowest BCUT2D eigenvalue weighted by atomic mass is 9.94. The summed E-state index contributed by atoms with van der Waals surface area (Å²) in [6, 6.07) is 1.44. The number of hydrogen-bond acceptors (Lipinski definition) is 6. The van der Waals surface area contributed by atoms with Crippen LogP contribution in [0.25, 0.3) is 0 Å². The third kappa shape index (κ3) is 2.23. The fraction of sp³-hybridized carbons (Fsp3) is 0.636. The van der Waals surface area contributed by atoms with E-state index in [4.69, 9.17) is 22.1 Å². The Balaban J connectivity index is 2.39. The predicted molar refractivity (Wildman–Crippen MR) is 68.8 cm³/mol. The Bertz CT molecular complexity index is 517. The maximum Gasteiger partial charge on any atom is 0.351 e. The van der Waals surface area contributed by atoms with Gasteiger partial charge in [-0.2, -0.15) is 4.98 Å². The summed E-state index contributed by atoms with van der Waals surface area (Å²) in [7, 11) is 0. The van der Waals surface area contributed by atoms with Gasteiger partial charge < -0.3 is 20.7 Å². The Labute approximate surface area is 114 Å². The predicted octanol–water partition coefficient (Wildman–Crippen LogP) is -0.536. The lowest BCUT2D eigenvalue weighted by Crippen LogP contribution is -2.44. The lowest BCUT2D eigenvalue weighted by Gasteiger charge is -2.28. The molecule has 0 amide bonds. The number of halogens is 1. The Kier molecular flexibility index (Phi) is 3.82. The number of hydrogen-bond donors (Lipinski definition) is 3. The van der Waals surface area contributed by atoms with Gasteiger partial charge >= 0.3 is 5.69 Å². The van der Waals surface area contributed by atoms with Gasteiger partial charge in [-0.15, -0.1) is 11.6 Å². The number of aromatic nitrogens is 2. The Morgan fingerprint density at radius 2 is 2.37 bits per heavy atom. The van der Waals surface area contributed by atoms with Gasteiger partial charge in [-0.05, 0) is 12.5 Å². The van der Waals surface area contributed by atoms with E-state index >= 15 is 0 Å². The maximum atomic E-state index is 11.8. The highest BCUT2D eigenvalue weighted by Gasteiger charge is 2.53. The van der Waals surface area contributed by atoms with Crippen LogP contribution in [0.3, 0.4) is 0 Å². The molecule has 4 atom stereocenters. The molecule has 106 valence electrons. The van der Waals surface area contributed by atoms with Gasteiger partial charge in [0.1, 0.15) is 22.9 Å². The second kappa shape index (κ2) is 5.09. The average Bonchev–Trinajstić information content (AvgIpc) is 2.64. The summed E-state index contributed by atoms with van der Waals surface area (Å²) in [5.74, 6) is 0.0924. The van der Waals surface area contributed by atoms with Crippen molar-refractivity contribution in [3.63, 3.8) is 0 Å². The summed E-state index contributed by atoms with van der Waals surface area (Å²) in [6.07, 6.45) is -0.217. The maximum absolute atomic E-state index is 11.8. The van der Waals surface area contributed by atoms with Gasteiger partial charge in [-0.25, -0.2) is 4.79 Å². The van der Waals surface area contributed by atoms with Crippen LogP contribution in [0.2, 0.25) is 0 Å². The van der Waals surface area contributed by atoms with E-state index in [0.29, 0.717) is 6.42 Å². The molecule has 1 aliphatic heterocycles. The summed E-state index contributed by atoms with van der Waals surface area (Å²) >= 11 is 6.11. The van der Waals surface area contributed by atoms with Crippen LogP contribution in [0, 0.1) is 0 Å². The third-order valence-electron chi connectivity index (χ3n) is 3.46. The quantitative estimate of drug-likeness (QED) is 0.645. The average molecular weight is 290 g/mol. The SMILES string of the molecule is CCC1(CO)OC(n2ccc(N)nc2=O)[C@H](Cl)[C@@H]1O. The Hall–Kier alpha value is -1.15. The molecule has 2 unspecified atom stereocenters. The first kappa shape index (κ1) is 14.3. The normalized spacial score (nSPS) is 34.6. The van der Waals surface area contributed by atoms with Gasteiger partial charge in [0.05, 0.1) is 6.61 Å². The first-order chi connectivity index (χ1) is 8.95. The number of nitrogens with two attached hydrogens (primary N) is 1. The summed E-state index contributed by atoms with van der Waals surface area (Å²) < 4.78 is 6.79. The topological polar surface area (TPSA) is 111 Å². The standard InChI is InChI=1S/C11H16ClN3O4/c1-2-11(5-16)8(17)7(12)9(19-11)15-4-3-6(13)14-10(15)18/h3-4,7-9,16-17H,2,5H2,1H3,(H2,13,14,18)/t7-,8+,9?,11?/m1/s1. The van der Waals surface area contributed by atoms with E-state index in [1.165, 1.54) is 12.3 Å². The first-order valence-corrected chi connectivity index (χ1v) is 6.34. The number of aliphatic hydroxyl groups is 2. The molecule has 8 heteroatoms. The molecule has 0 bridgehead atoms. The third-order valence-corrected chi connectivity index (χ3v) is 3.91. The van der Waals surface area contributed by atoms with Crippen molar-refractivity contribution >= 4 is 17.4 Å². The van der Waals surface area contributed by atoms with Gasteiger partial charge in [0.2, 0.25) is 0 Å². The number of aliphatic hydroxyl groups excluding tert-OH is 2. The van der Waals surface area contributed by atoms with E-state index in [1.54, 1.807) is 6.92 Å². The molecule has 0 saturated carbocycles. The van der Waals surface area contributed by atoms with Crippen molar-refractivity contribution in [2.45, 2.75) is 36.7 Å². The highest BCUT2D eigenvalue weighted by atomic mass is 35.5. The minimum absolute atomic E-state index is 0.0924. The molecule has 1 fully saturated rings. The van der Waals surface area contributed by atoms with Crippen molar-refractivity contribution in [3.05, 3.63) is 22.7 Å². The van der Waals surface area contributed by atoms with Gasteiger partial charge in [-0.3, -0.25) is 4.57 Å². The zero-order valence-electron chi connectivity index (χ0n) is 10.4. The van der Waals surface area contributed by atoms with Crippen LogP contribution in [-0.2, 0) is 4.74 Å². The van der Waals surface area contributed by atoms with Crippen molar-refractivity contribution in [1.29, 1.82) is 0 Å². The molecule has 1 aliphatic rings. The van der Waals surface area contributed by atoms with Crippen LogP contribution in [-0.4, -0.2) is 43.5 Å². The van der Waals surface area contributed by atoms with E-state index in [0.717, 1.165) is 4.57 Å². The number of nitrogens with zero attached hydrogens (tertiary/aromatic N) is 2. The van der Waals surface area contributed by atoms with Crippen molar-refractivity contribution in [2.24, 2.45) is 0 Å². The molecular weight excluding hydrogens is 274 g/mol. The highest BCUT2D eigenvalue weighted by molar-refractivity contribution is 6.21. The minimum atomic E-state index is -1.17. The van der Waals surface area contributed by atoms with E-state index in [9.17, 15) is 15.0 Å². The zero-order valence-corrected chi connectivity index (χ0v) is 11.1. The van der Waals surface area contributed by atoms with Crippen LogP contribution in [0.15, 0.2) is 17.1 Å². The molecule has 0 spiro atoms. The molecule has 0 aliphatic carbocycles. The second-order valence-corrected chi connectivity index (χ2v) is 5.02. The van der Waals surface area contributed by atoms with Gasteiger partial charge in [-0.1, -0.05) is 6.92 Å². The highest BCUT2D eigenvalue weighted by Crippen LogP contribution is 2.41.